The summed E-state index contributed by atoms with van der Waals surface area (Å²) < 4.78 is 25.8. The van der Waals surface area contributed by atoms with Crippen molar-refractivity contribution in [3.63, 3.8) is 0 Å². The van der Waals surface area contributed by atoms with E-state index in [0.717, 1.165) is 0 Å². The average Bonchev–Trinajstić information content (AvgIpc) is 3.08. The summed E-state index contributed by atoms with van der Waals surface area (Å²) in [6, 6.07) is 0. The molecule has 0 saturated carbocycles. The van der Waals surface area contributed by atoms with E-state index >= 15 is 0 Å². The van der Waals surface area contributed by atoms with Crippen LogP contribution in [0.2, 0.25) is 0 Å². The lowest BCUT2D eigenvalue weighted by Crippen LogP contribution is -2.42. The molecule has 8 nitrogen and oxygen atoms in total. The summed E-state index contributed by atoms with van der Waals surface area (Å²) in [7, 11) is 0. The Labute approximate surface area is 115 Å². The Balaban J connectivity index is 2.17. The molecule has 2 heterocycles. The molecule has 0 aliphatic carbocycles. The minimum atomic E-state index is -1.12. The van der Waals surface area contributed by atoms with Gasteiger partial charge >= 0.3 is 17.9 Å². The molecule has 2 aliphatic rings. The second-order valence-electron chi connectivity index (χ2n) is 4.60. The molecule has 20 heavy (non-hydrogen) atoms. The zero-order chi connectivity index (χ0) is 14.9. The lowest BCUT2D eigenvalue weighted by atomic mass is 10.1. The van der Waals surface area contributed by atoms with Gasteiger partial charge in [-0.25, -0.2) is 0 Å². The third kappa shape index (κ3) is 3.45. The van der Waals surface area contributed by atoms with E-state index in [4.69, 9.17) is 23.7 Å². The number of epoxide rings is 1. The van der Waals surface area contributed by atoms with Gasteiger partial charge in [-0.3, -0.25) is 14.4 Å². The summed E-state index contributed by atoms with van der Waals surface area (Å²) >= 11 is 0. The first-order chi connectivity index (χ1) is 9.38. The van der Waals surface area contributed by atoms with Gasteiger partial charge in [-0.05, 0) is 0 Å². The highest BCUT2D eigenvalue weighted by atomic mass is 16.8. The first kappa shape index (κ1) is 14.7. The standard InChI is InChI=1S/C12H16O8/c1-5(13)17-10-9(8-4-16-8)20-12(19-7(3)15)11(10)18-6(2)14/h8-12H,4H2,1-3H3/t8-,9+,10+,11-,12-/m1/s1. The van der Waals surface area contributed by atoms with Crippen molar-refractivity contribution in [2.75, 3.05) is 6.61 Å². The van der Waals surface area contributed by atoms with Gasteiger partial charge in [0, 0.05) is 20.8 Å². The molecule has 0 spiro atoms. The summed E-state index contributed by atoms with van der Waals surface area (Å²) in [5.74, 6) is -1.73. The molecule has 0 radical (unpaired) electrons. The maximum atomic E-state index is 11.2. The lowest BCUT2D eigenvalue weighted by Gasteiger charge is -2.22. The van der Waals surface area contributed by atoms with Crippen LogP contribution in [0, 0.1) is 0 Å². The largest absolute Gasteiger partial charge is 0.455 e. The predicted molar refractivity (Wildman–Crippen MR) is 61.3 cm³/mol. The normalized spacial score (nSPS) is 35.2. The molecule has 2 fully saturated rings. The molecule has 0 aromatic rings. The summed E-state index contributed by atoms with van der Waals surface area (Å²) in [6.45, 7) is 4.09. The van der Waals surface area contributed by atoms with E-state index < -0.39 is 42.5 Å². The summed E-state index contributed by atoms with van der Waals surface area (Å²) in [4.78, 5) is 33.4. The van der Waals surface area contributed by atoms with Crippen molar-refractivity contribution in [2.45, 2.75) is 51.5 Å². The van der Waals surface area contributed by atoms with Crippen LogP contribution in [0.4, 0.5) is 0 Å². The summed E-state index contributed by atoms with van der Waals surface area (Å²) in [6.07, 6.45) is -3.89. The number of ether oxygens (including phenoxy) is 5. The van der Waals surface area contributed by atoms with E-state index in [1.807, 2.05) is 0 Å². The Bertz CT molecular complexity index is 416. The number of rotatable bonds is 4. The van der Waals surface area contributed by atoms with E-state index in [9.17, 15) is 14.4 Å². The van der Waals surface area contributed by atoms with Gasteiger partial charge in [0.05, 0.1) is 6.61 Å². The molecule has 5 atom stereocenters. The maximum absolute atomic E-state index is 11.2. The third-order valence-electron chi connectivity index (χ3n) is 2.82. The maximum Gasteiger partial charge on any atom is 0.305 e. The van der Waals surface area contributed by atoms with E-state index in [-0.39, 0.29) is 6.10 Å². The Morgan fingerprint density at radius 2 is 1.40 bits per heavy atom. The molecule has 0 aromatic heterocycles. The van der Waals surface area contributed by atoms with Crippen molar-refractivity contribution in [3.8, 4) is 0 Å². The molecule has 0 amide bonds. The van der Waals surface area contributed by atoms with E-state index in [1.165, 1.54) is 20.8 Å². The van der Waals surface area contributed by atoms with Crippen LogP contribution >= 0.6 is 0 Å². The average molecular weight is 288 g/mol. The second-order valence-corrected chi connectivity index (χ2v) is 4.60. The lowest BCUT2D eigenvalue weighted by molar-refractivity contribution is -0.195. The zero-order valence-electron chi connectivity index (χ0n) is 11.4. The molecule has 0 unspecified atom stereocenters. The molecule has 2 saturated heterocycles. The highest BCUT2D eigenvalue weighted by Gasteiger charge is 2.56. The topological polar surface area (TPSA) is 101 Å². The fraction of sp³-hybridized carbons (Fsp3) is 0.750. The van der Waals surface area contributed by atoms with Crippen LogP contribution in [0.5, 0.6) is 0 Å². The SMILES string of the molecule is CC(=O)O[C@@H]1O[C@@H]([C@H]2CO2)[C@H](OC(C)=O)[C@H]1OC(C)=O. The van der Waals surface area contributed by atoms with Gasteiger partial charge in [-0.1, -0.05) is 0 Å². The molecule has 112 valence electrons. The summed E-state index contributed by atoms with van der Waals surface area (Å²) in [5.41, 5.74) is 0. The number of carbonyl (C=O) groups is 3. The Morgan fingerprint density at radius 1 is 0.900 bits per heavy atom. The molecule has 0 bridgehead atoms. The van der Waals surface area contributed by atoms with Crippen molar-refractivity contribution in [3.05, 3.63) is 0 Å². The van der Waals surface area contributed by atoms with Crippen LogP contribution in [0.1, 0.15) is 20.8 Å². The van der Waals surface area contributed by atoms with Crippen LogP contribution < -0.4 is 0 Å². The predicted octanol–water partition coefficient (Wildman–Crippen LogP) is -0.463. The van der Waals surface area contributed by atoms with E-state index in [2.05, 4.69) is 0 Å². The van der Waals surface area contributed by atoms with Crippen LogP contribution in [0.25, 0.3) is 0 Å². The zero-order valence-corrected chi connectivity index (χ0v) is 11.4. The van der Waals surface area contributed by atoms with Crippen molar-refractivity contribution >= 4 is 17.9 Å². The van der Waals surface area contributed by atoms with Crippen molar-refractivity contribution < 1.29 is 38.1 Å². The molecule has 0 N–H and O–H groups in total. The molecule has 0 aromatic carbocycles. The van der Waals surface area contributed by atoms with Gasteiger partial charge in [0.15, 0.2) is 6.10 Å². The van der Waals surface area contributed by atoms with Crippen molar-refractivity contribution in [2.24, 2.45) is 0 Å². The fourth-order valence-corrected chi connectivity index (χ4v) is 2.09. The number of esters is 3. The second kappa shape index (κ2) is 5.76. The molecular weight excluding hydrogens is 272 g/mol. The highest BCUT2D eigenvalue weighted by molar-refractivity contribution is 5.68. The van der Waals surface area contributed by atoms with Crippen molar-refractivity contribution in [1.29, 1.82) is 0 Å². The van der Waals surface area contributed by atoms with Gasteiger partial charge in [-0.15, -0.1) is 0 Å². The highest BCUT2D eigenvalue weighted by Crippen LogP contribution is 2.34. The minimum Gasteiger partial charge on any atom is -0.455 e. The number of carbonyl (C=O) groups excluding carboxylic acids is 3. The molecule has 2 rings (SSSR count). The van der Waals surface area contributed by atoms with Gasteiger partial charge in [0.25, 0.3) is 0 Å². The molecular formula is C12H16O8. The van der Waals surface area contributed by atoms with E-state index in [0.29, 0.717) is 6.61 Å². The Hall–Kier alpha value is -1.67. The monoisotopic (exact) mass is 288 g/mol. The molecule has 8 heteroatoms. The third-order valence-corrected chi connectivity index (χ3v) is 2.82. The Kier molecular flexibility index (Phi) is 4.24. The minimum absolute atomic E-state index is 0.266. The Morgan fingerprint density at radius 3 is 1.85 bits per heavy atom. The number of hydrogen-bond donors (Lipinski definition) is 0. The quantitative estimate of drug-likeness (QED) is 0.389. The first-order valence-corrected chi connectivity index (χ1v) is 6.17. The van der Waals surface area contributed by atoms with Gasteiger partial charge in [-0.2, -0.15) is 0 Å². The smallest absolute Gasteiger partial charge is 0.305 e. The van der Waals surface area contributed by atoms with Gasteiger partial charge in [0.1, 0.15) is 12.2 Å². The first-order valence-electron chi connectivity index (χ1n) is 6.17. The van der Waals surface area contributed by atoms with Crippen LogP contribution in [0.15, 0.2) is 0 Å². The number of hydrogen-bond acceptors (Lipinski definition) is 8. The van der Waals surface area contributed by atoms with Crippen LogP contribution in [-0.2, 0) is 38.1 Å². The summed E-state index contributed by atoms with van der Waals surface area (Å²) in [5, 5.41) is 0. The molecule has 2 aliphatic heterocycles. The van der Waals surface area contributed by atoms with Crippen LogP contribution in [0.3, 0.4) is 0 Å². The van der Waals surface area contributed by atoms with E-state index in [1.54, 1.807) is 0 Å². The van der Waals surface area contributed by atoms with Gasteiger partial charge < -0.3 is 23.7 Å². The van der Waals surface area contributed by atoms with Crippen molar-refractivity contribution in [1.82, 2.24) is 0 Å². The van der Waals surface area contributed by atoms with Gasteiger partial charge in [0.2, 0.25) is 12.4 Å². The van der Waals surface area contributed by atoms with Crippen LogP contribution in [-0.4, -0.2) is 55.2 Å². The fourth-order valence-electron chi connectivity index (χ4n) is 2.09.